The maximum atomic E-state index is 11.9. The maximum absolute atomic E-state index is 11.9. The summed E-state index contributed by atoms with van der Waals surface area (Å²) >= 11 is 0. The van der Waals surface area contributed by atoms with E-state index in [1.807, 2.05) is 60.7 Å². The highest BCUT2D eigenvalue weighted by atomic mass is 16.5. The van der Waals surface area contributed by atoms with E-state index in [4.69, 9.17) is 4.74 Å². The normalized spacial score (nSPS) is 11.7. The highest BCUT2D eigenvalue weighted by Gasteiger charge is 2.21. The molecular formula is C20H20N2O4. The summed E-state index contributed by atoms with van der Waals surface area (Å²) in [6.07, 6.45) is 3.03. The molecule has 0 aliphatic heterocycles. The molecule has 26 heavy (non-hydrogen) atoms. The van der Waals surface area contributed by atoms with Gasteiger partial charge in [0, 0.05) is 6.42 Å². The SMILES string of the molecule is COC(=O)[C@H](Cc1ccccc1)NNC(=O)C(=O)/C=C/c1ccccc1. The highest BCUT2D eigenvalue weighted by Crippen LogP contribution is 2.04. The van der Waals surface area contributed by atoms with Gasteiger partial charge in [0.25, 0.3) is 0 Å². The molecular weight excluding hydrogens is 332 g/mol. The molecule has 0 fully saturated rings. The molecule has 0 aliphatic carbocycles. The van der Waals surface area contributed by atoms with Crippen molar-refractivity contribution in [1.82, 2.24) is 10.9 Å². The van der Waals surface area contributed by atoms with E-state index in [2.05, 4.69) is 10.9 Å². The third-order valence-electron chi connectivity index (χ3n) is 3.58. The molecule has 0 bridgehead atoms. The van der Waals surface area contributed by atoms with E-state index >= 15 is 0 Å². The Kier molecular flexibility index (Phi) is 7.27. The van der Waals surface area contributed by atoms with Crippen LogP contribution < -0.4 is 10.9 Å². The van der Waals surface area contributed by atoms with E-state index in [0.717, 1.165) is 11.1 Å². The monoisotopic (exact) mass is 352 g/mol. The Hall–Kier alpha value is -3.25. The molecule has 1 amide bonds. The van der Waals surface area contributed by atoms with Crippen molar-refractivity contribution in [2.24, 2.45) is 0 Å². The molecule has 0 heterocycles. The zero-order chi connectivity index (χ0) is 18.8. The molecule has 6 nitrogen and oxygen atoms in total. The summed E-state index contributed by atoms with van der Waals surface area (Å²) in [5.74, 6) is -2.13. The molecule has 0 aromatic heterocycles. The summed E-state index contributed by atoms with van der Waals surface area (Å²) in [5, 5.41) is 0. The Bertz CT molecular complexity index is 773. The van der Waals surface area contributed by atoms with Crippen molar-refractivity contribution in [2.75, 3.05) is 7.11 Å². The fraction of sp³-hybridized carbons (Fsp3) is 0.150. The molecule has 2 rings (SSSR count). The van der Waals surface area contributed by atoms with E-state index in [1.54, 1.807) is 6.08 Å². The molecule has 2 aromatic carbocycles. The summed E-state index contributed by atoms with van der Waals surface area (Å²) in [7, 11) is 1.26. The molecule has 2 N–H and O–H groups in total. The van der Waals surface area contributed by atoms with Gasteiger partial charge in [0.15, 0.2) is 0 Å². The van der Waals surface area contributed by atoms with Crippen molar-refractivity contribution in [1.29, 1.82) is 0 Å². The number of carbonyl (C=O) groups is 3. The molecule has 134 valence electrons. The second kappa shape index (κ2) is 9.90. The predicted molar refractivity (Wildman–Crippen MR) is 97.7 cm³/mol. The number of amides is 1. The first-order chi connectivity index (χ1) is 12.6. The molecule has 0 spiro atoms. The minimum atomic E-state index is -0.862. The summed E-state index contributed by atoms with van der Waals surface area (Å²) in [6.45, 7) is 0. The first-order valence-corrected chi connectivity index (χ1v) is 8.05. The Morgan fingerprint density at radius 3 is 2.23 bits per heavy atom. The van der Waals surface area contributed by atoms with Crippen LogP contribution in [0.2, 0.25) is 0 Å². The maximum Gasteiger partial charge on any atom is 0.325 e. The number of nitrogens with one attached hydrogen (secondary N) is 2. The van der Waals surface area contributed by atoms with Crippen LogP contribution in [0.25, 0.3) is 6.08 Å². The smallest absolute Gasteiger partial charge is 0.325 e. The Labute approximate surface area is 151 Å². The third-order valence-corrected chi connectivity index (χ3v) is 3.58. The van der Waals surface area contributed by atoms with Crippen LogP contribution in [0.4, 0.5) is 0 Å². The number of methoxy groups -OCH3 is 1. The van der Waals surface area contributed by atoms with Gasteiger partial charge in [-0.05, 0) is 17.2 Å². The zero-order valence-corrected chi connectivity index (χ0v) is 14.3. The number of hydrazine groups is 1. The molecule has 1 atom stereocenters. The molecule has 6 heteroatoms. The average Bonchev–Trinajstić information content (AvgIpc) is 2.69. The molecule has 0 saturated heterocycles. The Morgan fingerprint density at radius 1 is 1.00 bits per heavy atom. The third kappa shape index (κ3) is 5.99. The van der Waals surface area contributed by atoms with Crippen LogP contribution in [-0.2, 0) is 25.5 Å². The van der Waals surface area contributed by atoms with Crippen molar-refractivity contribution in [3.05, 3.63) is 77.9 Å². The lowest BCUT2D eigenvalue weighted by molar-refractivity contribution is -0.144. The fourth-order valence-electron chi connectivity index (χ4n) is 2.21. The van der Waals surface area contributed by atoms with E-state index in [9.17, 15) is 14.4 Å². The van der Waals surface area contributed by atoms with Crippen LogP contribution in [0.1, 0.15) is 11.1 Å². The topological polar surface area (TPSA) is 84.5 Å². The van der Waals surface area contributed by atoms with E-state index in [0.29, 0.717) is 6.42 Å². The molecule has 0 saturated carbocycles. The van der Waals surface area contributed by atoms with Crippen LogP contribution >= 0.6 is 0 Å². The number of carbonyl (C=O) groups excluding carboxylic acids is 3. The molecule has 2 aromatic rings. The summed E-state index contributed by atoms with van der Waals surface area (Å²) in [5.41, 5.74) is 6.53. The van der Waals surface area contributed by atoms with Crippen LogP contribution in [0.3, 0.4) is 0 Å². The van der Waals surface area contributed by atoms with Crippen molar-refractivity contribution >= 4 is 23.7 Å². The van der Waals surface area contributed by atoms with Gasteiger partial charge in [-0.25, -0.2) is 5.43 Å². The van der Waals surface area contributed by atoms with E-state index < -0.39 is 23.7 Å². The zero-order valence-electron chi connectivity index (χ0n) is 14.3. The van der Waals surface area contributed by atoms with Gasteiger partial charge in [-0.15, -0.1) is 0 Å². The van der Waals surface area contributed by atoms with Gasteiger partial charge in [0.2, 0.25) is 5.78 Å². The summed E-state index contributed by atoms with van der Waals surface area (Å²) < 4.78 is 4.73. The number of benzene rings is 2. The largest absolute Gasteiger partial charge is 0.468 e. The molecule has 0 aliphatic rings. The highest BCUT2D eigenvalue weighted by molar-refractivity contribution is 6.41. The van der Waals surface area contributed by atoms with Gasteiger partial charge in [-0.1, -0.05) is 66.7 Å². The lowest BCUT2D eigenvalue weighted by Crippen LogP contribution is -2.51. The Morgan fingerprint density at radius 2 is 1.62 bits per heavy atom. The number of hydrogen-bond donors (Lipinski definition) is 2. The molecule has 0 unspecified atom stereocenters. The van der Waals surface area contributed by atoms with Crippen molar-refractivity contribution in [3.63, 3.8) is 0 Å². The number of ketones is 1. The van der Waals surface area contributed by atoms with Gasteiger partial charge in [-0.3, -0.25) is 19.8 Å². The van der Waals surface area contributed by atoms with Gasteiger partial charge >= 0.3 is 11.9 Å². The van der Waals surface area contributed by atoms with Crippen LogP contribution in [0.15, 0.2) is 66.7 Å². The minimum absolute atomic E-state index is 0.307. The molecule has 0 radical (unpaired) electrons. The number of ether oxygens (including phenoxy) is 1. The van der Waals surface area contributed by atoms with Crippen molar-refractivity contribution < 1.29 is 19.1 Å². The quantitative estimate of drug-likeness (QED) is 0.327. The fourth-order valence-corrected chi connectivity index (χ4v) is 2.21. The second-order valence-corrected chi connectivity index (χ2v) is 5.47. The van der Waals surface area contributed by atoms with Gasteiger partial charge < -0.3 is 4.74 Å². The minimum Gasteiger partial charge on any atom is -0.468 e. The lowest BCUT2D eigenvalue weighted by Gasteiger charge is -2.16. The first-order valence-electron chi connectivity index (χ1n) is 8.05. The van der Waals surface area contributed by atoms with Crippen LogP contribution in [0, 0.1) is 0 Å². The van der Waals surface area contributed by atoms with Gasteiger partial charge in [0.05, 0.1) is 7.11 Å². The Balaban J connectivity index is 1.92. The first kappa shape index (κ1) is 19.1. The average molecular weight is 352 g/mol. The van der Waals surface area contributed by atoms with E-state index in [1.165, 1.54) is 13.2 Å². The standard InChI is InChI=1S/C20H20N2O4/c1-26-20(25)17(14-16-10-6-3-7-11-16)21-22-19(24)18(23)13-12-15-8-4-2-5-9-15/h2-13,17,21H,14H2,1H3,(H,22,24)/b13-12+/t17-/m0/s1. The number of rotatable bonds is 8. The number of esters is 1. The van der Waals surface area contributed by atoms with Crippen molar-refractivity contribution in [3.8, 4) is 0 Å². The summed E-state index contributed by atoms with van der Waals surface area (Å²) in [6, 6.07) is 17.6. The summed E-state index contributed by atoms with van der Waals surface area (Å²) in [4.78, 5) is 35.7. The van der Waals surface area contributed by atoms with E-state index in [-0.39, 0.29) is 0 Å². The predicted octanol–water partition coefficient (Wildman–Crippen LogP) is 1.67. The lowest BCUT2D eigenvalue weighted by atomic mass is 10.1. The van der Waals surface area contributed by atoms with Crippen molar-refractivity contribution in [2.45, 2.75) is 12.5 Å². The second-order valence-electron chi connectivity index (χ2n) is 5.47. The van der Waals surface area contributed by atoms with Crippen LogP contribution in [-0.4, -0.2) is 30.8 Å². The van der Waals surface area contributed by atoms with Gasteiger partial charge in [-0.2, -0.15) is 0 Å². The van der Waals surface area contributed by atoms with Gasteiger partial charge in [0.1, 0.15) is 6.04 Å². The number of hydrogen-bond acceptors (Lipinski definition) is 5. The van der Waals surface area contributed by atoms with Crippen LogP contribution in [0.5, 0.6) is 0 Å².